The molecule has 1 aliphatic heterocycles. The number of allylic oxidation sites excluding steroid dienone is 1. The normalized spacial score (nSPS) is 22.9. The Balaban J connectivity index is 1.98. The standard InChI is InChI=1S/C21H20F7N3O3S/c1-2-19(22,23)14-5-3-4-6-16(14)35(33,34)13-9-15(17(32)30-18(11-29)7-8-18)31(10-13)12-20(24,25)21(26,27)28/h2-6,13,15H,1,7-10,12H2,(H,30,32). The molecule has 1 saturated heterocycles. The number of halogens is 7. The third-order valence-corrected chi connectivity index (χ3v) is 8.25. The summed E-state index contributed by atoms with van der Waals surface area (Å²) in [5.74, 6) is -10.2. The molecule has 35 heavy (non-hydrogen) atoms. The molecule has 1 amide bonds. The summed E-state index contributed by atoms with van der Waals surface area (Å²) in [6.45, 7) is -0.00212. The van der Waals surface area contributed by atoms with Crippen LogP contribution in [0.15, 0.2) is 41.8 Å². The number of carbonyl (C=O) groups is 1. The number of amides is 1. The molecule has 14 heteroatoms. The van der Waals surface area contributed by atoms with Gasteiger partial charge < -0.3 is 5.32 Å². The predicted molar refractivity (Wildman–Crippen MR) is 108 cm³/mol. The van der Waals surface area contributed by atoms with E-state index in [0.717, 1.165) is 24.3 Å². The number of rotatable bonds is 8. The number of hydrogen-bond donors (Lipinski definition) is 1. The van der Waals surface area contributed by atoms with Crippen molar-refractivity contribution in [1.82, 2.24) is 10.2 Å². The molecular weight excluding hydrogens is 507 g/mol. The third kappa shape index (κ3) is 5.16. The van der Waals surface area contributed by atoms with Crippen molar-refractivity contribution in [1.29, 1.82) is 5.26 Å². The molecule has 2 fully saturated rings. The monoisotopic (exact) mass is 527 g/mol. The van der Waals surface area contributed by atoms with Crippen LogP contribution in [-0.4, -0.2) is 61.2 Å². The van der Waals surface area contributed by atoms with Crippen LogP contribution in [0.3, 0.4) is 0 Å². The fourth-order valence-corrected chi connectivity index (χ4v) is 5.83. The Hall–Kier alpha value is -2.66. The van der Waals surface area contributed by atoms with E-state index in [1.165, 1.54) is 0 Å². The van der Waals surface area contributed by atoms with Crippen LogP contribution < -0.4 is 5.32 Å². The average molecular weight is 527 g/mol. The number of likely N-dealkylation sites (tertiary alicyclic amines) is 1. The van der Waals surface area contributed by atoms with Crippen LogP contribution in [0.2, 0.25) is 0 Å². The SMILES string of the molecule is C=CC(F)(F)c1ccccc1S(=O)(=O)C1CC(C(=O)NC2(C#N)CC2)N(CC(F)(F)C(F)(F)F)C1. The van der Waals surface area contributed by atoms with Gasteiger partial charge in [-0.15, -0.1) is 0 Å². The fourth-order valence-electron chi connectivity index (χ4n) is 3.87. The Labute approximate surface area is 196 Å². The summed E-state index contributed by atoms with van der Waals surface area (Å²) in [5, 5.41) is 9.67. The van der Waals surface area contributed by atoms with Crippen LogP contribution in [0.5, 0.6) is 0 Å². The maximum absolute atomic E-state index is 14.3. The first-order valence-electron chi connectivity index (χ1n) is 10.3. The number of alkyl halides is 7. The molecule has 0 spiro atoms. The molecular formula is C21H20F7N3O3S. The van der Waals surface area contributed by atoms with Crippen LogP contribution in [0.4, 0.5) is 30.7 Å². The zero-order chi connectivity index (χ0) is 26.4. The zero-order valence-electron chi connectivity index (χ0n) is 18.0. The van der Waals surface area contributed by atoms with Gasteiger partial charge in [0.25, 0.3) is 5.92 Å². The van der Waals surface area contributed by atoms with Gasteiger partial charge in [0.05, 0.1) is 28.8 Å². The molecule has 1 saturated carbocycles. The molecule has 192 valence electrons. The van der Waals surface area contributed by atoms with Crippen LogP contribution in [-0.2, 0) is 20.6 Å². The van der Waals surface area contributed by atoms with Gasteiger partial charge in [0, 0.05) is 12.1 Å². The summed E-state index contributed by atoms with van der Waals surface area (Å²) in [4.78, 5) is 12.2. The van der Waals surface area contributed by atoms with Gasteiger partial charge in [0.15, 0.2) is 9.84 Å². The zero-order valence-corrected chi connectivity index (χ0v) is 18.8. The molecule has 1 N–H and O–H groups in total. The number of nitrogens with zero attached hydrogens (tertiary/aromatic N) is 2. The van der Waals surface area contributed by atoms with Gasteiger partial charge >= 0.3 is 12.1 Å². The van der Waals surface area contributed by atoms with Gasteiger partial charge in [0.2, 0.25) is 5.91 Å². The average Bonchev–Trinajstić information content (AvgIpc) is 3.41. The highest BCUT2D eigenvalue weighted by Gasteiger charge is 2.60. The molecule has 2 unspecified atom stereocenters. The second-order valence-corrected chi connectivity index (χ2v) is 10.8. The first kappa shape index (κ1) is 26.9. The van der Waals surface area contributed by atoms with Gasteiger partial charge in [-0.3, -0.25) is 9.69 Å². The highest BCUT2D eigenvalue weighted by Crippen LogP contribution is 2.41. The molecule has 0 radical (unpaired) electrons. The molecule has 1 aromatic carbocycles. The van der Waals surface area contributed by atoms with E-state index in [4.69, 9.17) is 5.26 Å². The van der Waals surface area contributed by atoms with Crippen LogP contribution in [0.25, 0.3) is 0 Å². The van der Waals surface area contributed by atoms with E-state index in [-0.39, 0.29) is 18.9 Å². The highest BCUT2D eigenvalue weighted by molar-refractivity contribution is 7.92. The molecule has 2 aliphatic rings. The smallest absolute Gasteiger partial charge is 0.336 e. The van der Waals surface area contributed by atoms with Gasteiger partial charge in [-0.1, -0.05) is 24.8 Å². The molecule has 0 bridgehead atoms. The third-order valence-electron chi connectivity index (χ3n) is 6.06. The molecule has 1 heterocycles. The largest absolute Gasteiger partial charge is 0.454 e. The van der Waals surface area contributed by atoms with Gasteiger partial charge in [0.1, 0.15) is 5.54 Å². The number of carbonyl (C=O) groups excluding carboxylic acids is 1. The number of benzene rings is 1. The van der Waals surface area contributed by atoms with E-state index in [1.807, 2.05) is 0 Å². The molecule has 3 rings (SSSR count). The predicted octanol–water partition coefficient (Wildman–Crippen LogP) is 3.55. The minimum Gasteiger partial charge on any atom is -0.336 e. The number of nitrogens with one attached hydrogen (secondary N) is 1. The van der Waals surface area contributed by atoms with Gasteiger partial charge in [-0.25, -0.2) is 8.42 Å². The van der Waals surface area contributed by atoms with Crippen molar-refractivity contribution in [3.63, 3.8) is 0 Å². The van der Waals surface area contributed by atoms with E-state index in [1.54, 1.807) is 6.07 Å². The van der Waals surface area contributed by atoms with Crippen molar-refractivity contribution >= 4 is 15.7 Å². The molecule has 0 aromatic heterocycles. The molecule has 2 atom stereocenters. The van der Waals surface area contributed by atoms with Gasteiger partial charge in [-0.05, 0) is 31.4 Å². The molecule has 1 aliphatic carbocycles. The maximum atomic E-state index is 14.3. The molecule has 1 aromatic rings. The van der Waals surface area contributed by atoms with Crippen molar-refractivity contribution in [2.24, 2.45) is 0 Å². The Morgan fingerprint density at radius 3 is 2.31 bits per heavy atom. The van der Waals surface area contributed by atoms with Crippen LogP contribution in [0.1, 0.15) is 24.8 Å². The number of nitriles is 1. The van der Waals surface area contributed by atoms with E-state index >= 15 is 0 Å². The Morgan fingerprint density at radius 1 is 1.20 bits per heavy atom. The second-order valence-electron chi connectivity index (χ2n) is 8.56. The summed E-state index contributed by atoms with van der Waals surface area (Å²) in [7, 11) is -4.73. The lowest BCUT2D eigenvalue weighted by Gasteiger charge is -2.29. The Morgan fingerprint density at radius 2 is 1.80 bits per heavy atom. The summed E-state index contributed by atoms with van der Waals surface area (Å²) in [6, 6.07) is 4.02. The number of hydrogen-bond acceptors (Lipinski definition) is 5. The van der Waals surface area contributed by atoms with E-state index < -0.39 is 80.6 Å². The topological polar surface area (TPSA) is 90.3 Å². The maximum Gasteiger partial charge on any atom is 0.454 e. The van der Waals surface area contributed by atoms with E-state index in [2.05, 4.69) is 11.9 Å². The first-order valence-corrected chi connectivity index (χ1v) is 11.8. The van der Waals surface area contributed by atoms with Crippen molar-refractivity contribution in [2.75, 3.05) is 13.1 Å². The Kier molecular flexibility index (Phi) is 6.75. The quantitative estimate of drug-likeness (QED) is 0.413. The molecule has 6 nitrogen and oxygen atoms in total. The van der Waals surface area contributed by atoms with Crippen molar-refractivity contribution < 1.29 is 43.9 Å². The van der Waals surface area contributed by atoms with Crippen molar-refractivity contribution in [2.45, 2.75) is 59.0 Å². The lowest BCUT2D eigenvalue weighted by atomic mass is 10.1. The van der Waals surface area contributed by atoms with Crippen molar-refractivity contribution in [3.05, 3.63) is 42.5 Å². The minimum absolute atomic E-state index is 0.208. The lowest BCUT2D eigenvalue weighted by Crippen LogP contribution is -2.53. The van der Waals surface area contributed by atoms with E-state index in [0.29, 0.717) is 4.90 Å². The van der Waals surface area contributed by atoms with E-state index in [9.17, 15) is 43.9 Å². The highest BCUT2D eigenvalue weighted by atomic mass is 32.2. The lowest BCUT2D eigenvalue weighted by molar-refractivity contribution is -0.286. The summed E-state index contributed by atoms with van der Waals surface area (Å²) >= 11 is 0. The summed E-state index contributed by atoms with van der Waals surface area (Å²) in [5.41, 5.74) is -2.25. The Bertz CT molecular complexity index is 1160. The van der Waals surface area contributed by atoms with Crippen molar-refractivity contribution in [3.8, 4) is 6.07 Å². The second kappa shape index (κ2) is 8.77. The summed E-state index contributed by atoms with van der Waals surface area (Å²) < 4.78 is 121. The van der Waals surface area contributed by atoms with Crippen LogP contribution >= 0.6 is 0 Å². The van der Waals surface area contributed by atoms with Gasteiger partial charge in [-0.2, -0.15) is 36.0 Å². The number of sulfone groups is 1. The minimum atomic E-state index is -5.98. The first-order chi connectivity index (χ1) is 16.0. The summed E-state index contributed by atoms with van der Waals surface area (Å²) in [6.07, 6.45) is -6.05. The van der Waals surface area contributed by atoms with Crippen LogP contribution in [0, 0.1) is 11.3 Å². The fraction of sp³-hybridized carbons (Fsp3) is 0.524.